The third-order valence-electron chi connectivity index (χ3n) is 4.38. The molecular weight excluding hydrogens is 264 g/mol. The first-order chi connectivity index (χ1) is 10.9. The normalized spacial score (nSPS) is 11.0. The van der Waals surface area contributed by atoms with Crippen molar-refractivity contribution in [1.82, 2.24) is 0 Å². The van der Waals surface area contributed by atoms with Crippen LogP contribution < -0.4 is 0 Å². The fraction of sp³-hybridized carbons (Fsp3) is 0.273. The Labute approximate surface area is 133 Å². The van der Waals surface area contributed by atoms with Crippen LogP contribution in [-0.2, 0) is 6.42 Å². The number of fused-ring (bicyclic) bond motifs is 1. The zero-order valence-corrected chi connectivity index (χ0v) is 13.4. The Balaban J connectivity index is 2.03. The van der Waals surface area contributed by atoms with Gasteiger partial charge in [-0.3, -0.25) is 0 Å². The van der Waals surface area contributed by atoms with Crippen LogP contribution in [0.1, 0.15) is 38.2 Å². The van der Waals surface area contributed by atoms with E-state index in [1.165, 1.54) is 59.6 Å². The van der Waals surface area contributed by atoms with Crippen LogP contribution in [0.5, 0.6) is 0 Å². The highest BCUT2D eigenvalue weighted by molar-refractivity contribution is 5.98. The molecule has 0 nitrogen and oxygen atoms in total. The molecule has 0 amide bonds. The van der Waals surface area contributed by atoms with Crippen LogP contribution in [0, 0.1) is 0 Å². The molecule has 22 heavy (non-hydrogen) atoms. The average Bonchev–Trinajstić information content (AvgIpc) is 2.59. The number of hydrogen-bond donors (Lipinski definition) is 0. The van der Waals surface area contributed by atoms with Crippen molar-refractivity contribution in [2.75, 3.05) is 0 Å². The van der Waals surface area contributed by atoms with Crippen molar-refractivity contribution in [3.63, 3.8) is 0 Å². The second-order valence-corrected chi connectivity index (χ2v) is 6.00. The predicted octanol–water partition coefficient (Wildman–Crippen LogP) is 6.63. The molecule has 3 rings (SSSR count). The molecule has 0 fully saturated rings. The molecule has 3 aromatic rings. The van der Waals surface area contributed by atoms with Crippen LogP contribution in [0.4, 0.5) is 0 Å². The molecule has 0 heteroatoms. The molecule has 0 radical (unpaired) electrons. The molecule has 0 atom stereocenters. The maximum atomic E-state index is 2.33. The van der Waals surface area contributed by atoms with Crippen molar-refractivity contribution < 1.29 is 0 Å². The lowest BCUT2D eigenvalue weighted by Crippen LogP contribution is -1.93. The molecule has 0 unspecified atom stereocenters. The molecule has 112 valence electrons. The van der Waals surface area contributed by atoms with Crippen LogP contribution in [0.15, 0.2) is 66.7 Å². The van der Waals surface area contributed by atoms with E-state index >= 15 is 0 Å². The summed E-state index contributed by atoms with van der Waals surface area (Å²) in [6, 6.07) is 24.2. The lowest BCUT2D eigenvalue weighted by Gasteiger charge is -2.14. The van der Waals surface area contributed by atoms with Gasteiger partial charge in [0, 0.05) is 0 Å². The number of rotatable bonds is 6. The summed E-state index contributed by atoms with van der Waals surface area (Å²) >= 11 is 0. The summed E-state index contributed by atoms with van der Waals surface area (Å²) in [6.45, 7) is 2.27. The standard InChI is InChI=1S/C22H24/c1-2-3-4-6-14-20-17-16-18-11-9-10-15-21(18)22(20)19-12-7-5-8-13-19/h5,7-13,15-17H,2-4,6,14H2,1H3. The fourth-order valence-corrected chi connectivity index (χ4v) is 3.21. The van der Waals surface area contributed by atoms with Gasteiger partial charge in [0.25, 0.3) is 0 Å². The van der Waals surface area contributed by atoms with Crippen LogP contribution in [0.25, 0.3) is 21.9 Å². The third-order valence-corrected chi connectivity index (χ3v) is 4.38. The second-order valence-electron chi connectivity index (χ2n) is 6.00. The minimum atomic E-state index is 1.18. The molecule has 0 spiro atoms. The first-order valence-electron chi connectivity index (χ1n) is 8.46. The SMILES string of the molecule is CCCCCCc1ccc2ccccc2c1-c1ccccc1. The Hall–Kier alpha value is -2.08. The Bertz CT molecular complexity index is 725. The van der Waals surface area contributed by atoms with E-state index in [1.54, 1.807) is 0 Å². The van der Waals surface area contributed by atoms with Gasteiger partial charge in [0.1, 0.15) is 0 Å². The molecule has 3 aromatic carbocycles. The summed E-state index contributed by atoms with van der Waals surface area (Å²) in [5, 5.41) is 2.71. The Morgan fingerprint density at radius 2 is 1.45 bits per heavy atom. The van der Waals surface area contributed by atoms with Crippen molar-refractivity contribution in [3.8, 4) is 11.1 Å². The molecule has 0 N–H and O–H groups in total. The summed E-state index contributed by atoms with van der Waals surface area (Å²) in [7, 11) is 0. The van der Waals surface area contributed by atoms with Gasteiger partial charge in [0.05, 0.1) is 0 Å². The number of benzene rings is 3. The highest BCUT2D eigenvalue weighted by Crippen LogP contribution is 2.33. The molecule has 0 aliphatic heterocycles. The van der Waals surface area contributed by atoms with Crippen molar-refractivity contribution in [1.29, 1.82) is 0 Å². The van der Waals surface area contributed by atoms with Gasteiger partial charge in [-0.05, 0) is 40.3 Å². The minimum Gasteiger partial charge on any atom is -0.0654 e. The Kier molecular flexibility index (Phi) is 4.90. The van der Waals surface area contributed by atoms with Crippen LogP contribution in [0.3, 0.4) is 0 Å². The maximum Gasteiger partial charge on any atom is -0.00733 e. The van der Waals surface area contributed by atoms with E-state index in [1.807, 2.05) is 0 Å². The van der Waals surface area contributed by atoms with Gasteiger partial charge in [0.15, 0.2) is 0 Å². The largest absolute Gasteiger partial charge is 0.0654 e. The molecule has 0 saturated carbocycles. The summed E-state index contributed by atoms with van der Waals surface area (Å²) in [5.74, 6) is 0. The second kappa shape index (κ2) is 7.26. The number of aryl methyl sites for hydroxylation is 1. The highest BCUT2D eigenvalue weighted by Gasteiger charge is 2.09. The van der Waals surface area contributed by atoms with Crippen molar-refractivity contribution in [2.24, 2.45) is 0 Å². The predicted molar refractivity (Wildman–Crippen MR) is 97.2 cm³/mol. The molecule has 0 aliphatic rings. The highest BCUT2D eigenvalue weighted by atomic mass is 14.1. The fourth-order valence-electron chi connectivity index (χ4n) is 3.21. The molecule has 0 bridgehead atoms. The van der Waals surface area contributed by atoms with E-state index in [-0.39, 0.29) is 0 Å². The molecule has 0 saturated heterocycles. The van der Waals surface area contributed by atoms with Crippen LogP contribution in [0.2, 0.25) is 0 Å². The summed E-state index contributed by atoms with van der Waals surface area (Å²) in [5.41, 5.74) is 4.25. The smallest absolute Gasteiger partial charge is 0.00733 e. The monoisotopic (exact) mass is 288 g/mol. The first kappa shape index (κ1) is 14.8. The van der Waals surface area contributed by atoms with Crippen LogP contribution in [-0.4, -0.2) is 0 Å². The van der Waals surface area contributed by atoms with Gasteiger partial charge < -0.3 is 0 Å². The van der Waals surface area contributed by atoms with E-state index in [0.717, 1.165) is 0 Å². The summed E-state index contributed by atoms with van der Waals surface area (Å²) in [4.78, 5) is 0. The average molecular weight is 288 g/mol. The third kappa shape index (κ3) is 3.22. The summed E-state index contributed by atoms with van der Waals surface area (Å²) in [6.07, 6.45) is 6.43. The first-order valence-corrected chi connectivity index (χ1v) is 8.46. The van der Waals surface area contributed by atoms with E-state index < -0.39 is 0 Å². The van der Waals surface area contributed by atoms with Crippen molar-refractivity contribution in [3.05, 3.63) is 72.3 Å². The van der Waals surface area contributed by atoms with E-state index in [2.05, 4.69) is 73.7 Å². The number of hydrogen-bond acceptors (Lipinski definition) is 0. The van der Waals surface area contributed by atoms with E-state index in [9.17, 15) is 0 Å². The number of unbranched alkanes of at least 4 members (excludes halogenated alkanes) is 3. The van der Waals surface area contributed by atoms with Gasteiger partial charge in [-0.25, -0.2) is 0 Å². The summed E-state index contributed by atoms with van der Waals surface area (Å²) < 4.78 is 0. The molecule has 0 aromatic heterocycles. The lowest BCUT2D eigenvalue weighted by atomic mass is 9.91. The van der Waals surface area contributed by atoms with Gasteiger partial charge in [-0.1, -0.05) is 92.9 Å². The zero-order valence-electron chi connectivity index (χ0n) is 13.4. The Morgan fingerprint density at radius 3 is 2.27 bits per heavy atom. The lowest BCUT2D eigenvalue weighted by molar-refractivity contribution is 0.667. The van der Waals surface area contributed by atoms with Gasteiger partial charge in [-0.15, -0.1) is 0 Å². The van der Waals surface area contributed by atoms with Crippen LogP contribution >= 0.6 is 0 Å². The zero-order chi connectivity index (χ0) is 15.2. The quantitative estimate of drug-likeness (QED) is 0.446. The molecular formula is C22H24. The van der Waals surface area contributed by atoms with Gasteiger partial charge in [-0.2, -0.15) is 0 Å². The van der Waals surface area contributed by atoms with Crippen molar-refractivity contribution >= 4 is 10.8 Å². The van der Waals surface area contributed by atoms with Gasteiger partial charge >= 0.3 is 0 Å². The minimum absolute atomic E-state index is 1.18. The molecule has 0 heterocycles. The van der Waals surface area contributed by atoms with E-state index in [0.29, 0.717) is 0 Å². The maximum absolute atomic E-state index is 2.33. The van der Waals surface area contributed by atoms with E-state index in [4.69, 9.17) is 0 Å². The van der Waals surface area contributed by atoms with Crippen molar-refractivity contribution in [2.45, 2.75) is 39.0 Å². The Morgan fingerprint density at radius 1 is 0.682 bits per heavy atom. The molecule has 0 aliphatic carbocycles. The topological polar surface area (TPSA) is 0 Å². The van der Waals surface area contributed by atoms with Gasteiger partial charge in [0.2, 0.25) is 0 Å².